The predicted octanol–water partition coefficient (Wildman–Crippen LogP) is 3.27. The number of halogens is 1. The minimum atomic E-state index is -3.87. The van der Waals surface area contributed by atoms with Crippen LogP contribution in [0.2, 0.25) is 0 Å². The van der Waals surface area contributed by atoms with E-state index in [1.165, 1.54) is 61.0 Å². The van der Waals surface area contributed by atoms with Gasteiger partial charge in [0.25, 0.3) is 0 Å². The SMILES string of the molecule is O=C(CC12CC3CC(CC(C3)C1)C2)N1CCN(S(=O)(=O)c2ccccc2F)CC1. The molecule has 5 fully saturated rings. The molecule has 1 aromatic rings. The number of rotatable bonds is 4. The maximum absolute atomic E-state index is 14.0. The van der Waals surface area contributed by atoms with Crippen LogP contribution in [0, 0.1) is 29.0 Å². The summed E-state index contributed by atoms with van der Waals surface area (Å²) in [6.07, 6.45) is 8.31. The van der Waals surface area contributed by atoms with Crippen molar-refractivity contribution in [2.75, 3.05) is 26.2 Å². The van der Waals surface area contributed by atoms with Crippen LogP contribution in [0.3, 0.4) is 0 Å². The van der Waals surface area contributed by atoms with Crippen molar-refractivity contribution < 1.29 is 17.6 Å². The van der Waals surface area contributed by atoms with E-state index < -0.39 is 15.8 Å². The molecule has 0 aromatic heterocycles. The molecule has 7 heteroatoms. The highest BCUT2D eigenvalue weighted by Gasteiger charge is 2.51. The van der Waals surface area contributed by atoms with Gasteiger partial charge in [0.15, 0.2) is 0 Å². The van der Waals surface area contributed by atoms with Gasteiger partial charge >= 0.3 is 0 Å². The number of benzene rings is 1. The lowest BCUT2D eigenvalue weighted by Gasteiger charge is -2.57. The molecule has 1 aromatic carbocycles. The lowest BCUT2D eigenvalue weighted by molar-refractivity contribution is -0.140. The Kier molecular flexibility index (Phi) is 4.74. The second kappa shape index (κ2) is 7.05. The number of nitrogens with zero attached hydrogens (tertiary/aromatic N) is 2. The molecule has 5 aliphatic rings. The number of hydrogen-bond donors (Lipinski definition) is 0. The van der Waals surface area contributed by atoms with Crippen molar-refractivity contribution in [1.29, 1.82) is 0 Å². The average molecular weight is 421 g/mol. The predicted molar refractivity (Wildman–Crippen MR) is 107 cm³/mol. The molecule has 1 amide bonds. The minimum Gasteiger partial charge on any atom is -0.340 e. The Hall–Kier alpha value is -1.47. The lowest BCUT2D eigenvalue weighted by atomic mass is 9.49. The summed E-state index contributed by atoms with van der Waals surface area (Å²) < 4.78 is 40.8. The van der Waals surface area contributed by atoms with Gasteiger partial charge in [-0.05, 0) is 73.8 Å². The van der Waals surface area contributed by atoms with Gasteiger partial charge in [-0.3, -0.25) is 4.79 Å². The van der Waals surface area contributed by atoms with Crippen molar-refractivity contribution >= 4 is 15.9 Å². The summed E-state index contributed by atoms with van der Waals surface area (Å²) >= 11 is 0. The van der Waals surface area contributed by atoms with Crippen molar-refractivity contribution in [3.8, 4) is 0 Å². The van der Waals surface area contributed by atoms with Crippen LogP contribution in [-0.4, -0.2) is 49.7 Å². The van der Waals surface area contributed by atoms with Gasteiger partial charge in [-0.25, -0.2) is 12.8 Å². The normalized spacial score (nSPS) is 34.5. The Morgan fingerprint density at radius 3 is 2.07 bits per heavy atom. The molecule has 0 unspecified atom stereocenters. The number of piperazine rings is 1. The van der Waals surface area contributed by atoms with E-state index >= 15 is 0 Å². The van der Waals surface area contributed by atoms with Gasteiger partial charge in [-0.1, -0.05) is 12.1 Å². The van der Waals surface area contributed by atoms with Crippen molar-refractivity contribution in [2.24, 2.45) is 23.2 Å². The first-order chi connectivity index (χ1) is 13.8. The first-order valence-corrected chi connectivity index (χ1v) is 12.3. The van der Waals surface area contributed by atoms with Gasteiger partial charge < -0.3 is 4.90 Å². The van der Waals surface area contributed by atoms with Crippen LogP contribution in [0.15, 0.2) is 29.2 Å². The largest absolute Gasteiger partial charge is 0.340 e. The third-order valence-electron chi connectivity index (χ3n) is 7.74. The molecule has 1 heterocycles. The highest BCUT2D eigenvalue weighted by atomic mass is 32.2. The third-order valence-corrected chi connectivity index (χ3v) is 9.67. The van der Waals surface area contributed by atoms with Crippen LogP contribution >= 0.6 is 0 Å². The van der Waals surface area contributed by atoms with E-state index in [1.54, 1.807) is 0 Å². The molecule has 1 aliphatic heterocycles. The monoisotopic (exact) mass is 420 g/mol. The standard InChI is InChI=1S/C22H29FN2O3S/c23-19-3-1-2-4-20(19)29(27,28)25-7-5-24(6-8-25)21(26)15-22-12-16-9-17(13-22)11-18(10-16)14-22/h1-4,16-18H,5-15H2. The van der Waals surface area contributed by atoms with E-state index in [9.17, 15) is 17.6 Å². The van der Waals surface area contributed by atoms with Crippen molar-refractivity contribution in [3.05, 3.63) is 30.1 Å². The molecule has 29 heavy (non-hydrogen) atoms. The molecule has 4 aliphatic carbocycles. The maximum Gasteiger partial charge on any atom is 0.246 e. The van der Waals surface area contributed by atoms with E-state index in [0.29, 0.717) is 19.5 Å². The Balaban J connectivity index is 1.22. The molecular formula is C22H29FN2O3S. The minimum absolute atomic E-state index is 0.176. The van der Waals surface area contributed by atoms with Crippen LogP contribution in [0.4, 0.5) is 4.39 Å². The molecule has 158 valence electrons. The van der Waals surface area contributed by atoms with E-state index in [2.05, 4.69) is 0 Å². The van der Waals surface area contributed by atoms with Crippen molar-refractivity contribution in [2.45, 2.75) is 49.8 Å². The van der Waals surface area contributed by atoms with Gasteiger partial charge in [0.2, 0.25) is 15.9 Å². The molecule has 1 saturated heterocycles. The summed E-state index contributed by atoms with van der Waals surface area (Å²) in [6, 6.07) is 5.48. The van der Waals surface area contributed by atoms with Crippen LogP contribution < -0.4 is 0 Å². The van der Waals surface area contributed by atoms with Gasteiger partial charge in [0.1, 0.15) is 10.7 Å². The highest BCUT2D eigenvalue weighted by Crippen LogP contribution is 2.61. The zero-order chi connectivity index (χ0) is 20.2. The quantitative estimate of drug-likeness (QED) is 0.751. The van der Waals surface area contributed by atoms with Crippen LogP contribution in [0.5, 0.6) is 0 Å². The Morgan fingerprint density at radius 1 is 0.966 bits per heavy atom. The second-order valence-corrected chi connectivity index (χ2v) is 11.7. The summed E-state index contributed by atoms with van der Waals surface area (Å²) in [7, 11) is -3.87. The summed E-state index contributed by atoms with van der Waals surface area (Å²) in [5.41, 5.74) is 0.197. The second-order valence-electron chi connectivity index (χ2n) is 9.81. The van der Waals surface area contributed by atoms with E-state index in [1.807, 2.05) is 4.90 Å². The first-order valence-electron chi connectivity index (χ1n) is 10.9. The Morgan fingerprint density at radius 2 is 1.52 bits per heavy atom. The average Bonchev–Trinajstić information content (AvgIpc) is 2.67. The number of carbonyl (C=O) groups is 1. The van der Waals surface area contributed by atoms with Crippen LogP contribution in [-0.2, 0) is 14.8 Å². The van der Waals surface area contributed by atoms with Crippen molar-refractivity contribution in [3.63, 3.8) is 0 Å². The van der Waals surface area contributed by atoms with E-state index in [0.717, 1.165) is 23.8 Å². The summed E-state index contributed by atoms with van der Waals surface area (Å²) in [4.78, 5) is 14.6. The number of carbonyl (C=O) groups excluding carboxylic acids is 1. The molecule has 0 atom stereocenters. The fourth-order valence-corrected chi connectivity index (χ4v) is 8.40. The first kappa shape index (κ1) is 19.5. The van der Waals surface area contributed by atoms with Gasteiger partial charge in [0, 0.05) is 32.6 Å². The lowest BCUT2D eigenvalue weighted by Crippen LogP contribution is -2.53. The number of amides is 1. The third kappa shape index (κ3) is 3.50. The molecule has 4 bridgehead atoms. The maximum atomic E-state index is 14.0. The van der Waals surface area contributed by atoms with E-state index in [4.69, 9.17) is 0 Å². The summed E-state index contributed by atoms with van der Waals surface area (Å²) in [5, 5.41) is 0. The van der Waals surface area contributed by atoms with Crippen LogP contribution in [0.25, 0.3) is 0 Å². The highest BCUT2D eigenvalue weighted by molar-refractivity contribution is 7.89. The number of hydrogen-bond acceptors (Lipinski definition) is 3. The fraction of sp³-hybridized carbons (Fsp3) is 0.682. The van der Waals surface area contributed by atoms with Gasteiger partial charge in [-0.15, -0.1) is 0 Å². The van der Waals surface area contributed by atoms with E-state index in [-0.39, 0.29) is 29.3 Å². The topological polar surface area (TPSA) is 57.7 Å². The molecule has 0 radical (unpaired) electrons. The summed E-state index contributed by atoms with van der Waals surface area (Å²) in [5.74, 6) is 1.90. The molecular weight excluding hydrogens is 391 g/mol. The van der Waals surface area contributed by atoms with Crippen molar-refractivity contribution in [1.82, 2.24) is 9.21 Å². The summed E-state index contributed by atoms with van der Waals surface area (Å²) in [6.45, 7) is 1.23. The Labute approximate surface area is 172 Å². The fourth-order valence-electron chi connectivity index (χ4n) is 6.91. The van der Waals surface area contributed by atoms with Gasteiger partial charge in [-0.2, -0.15) is 4.31 Å². The molecule has 0 N–H and O–H groups in total. The smallest absolute Gasteiger partial charge is 0.246 e. The molecule has 4 saturated carbocycles. The zero-order valence-corrected chi connectivity index (χ0v) is 17.5. The Bertz CT molecular complexity index is 873. The van der Waals surface area contributed by atoms with Crippen LogP contribution in [0.1, 0.15) is 44.9 Å². The molecule has 5 nitrogen and oxygen atoms in total. The zero-order valence-electron chi connectivity index (χ0n) is 16.7. The number of sulfonamides is 1. The molecule has 0 spiro atoms. The molecule has 6 rings (SSSR count). The van der Waals surface area contributed by atoms with Gasteiger partial charge in [0.05, 0.1) is 0 Å².